The molecule has 0 amide bonds. The molecule has 0 aliphatic heterocycles. The Balaban J connectivity index is 2.29. The number of sulfone groups is 1. The van der Waals surface area contributed by atoms with E-state index in [1.54, 1.807) is 19.1 Å². The fourth-order valence-electron chi connectivity index (χ4n) is 1.71. The third-order valence-corrected chi connectivity index (χ3v) is 4.88. The van der Waals surface area contributed by atoms with E-state index in [9.17, 15) is 8.42 Å². The topological polar surface area (TPSA) is 82.3 Å². The fraction of sp³-hybridized carbons (Fsp3) is 0.385. The molecule has 108 valence electrons. The molecule has 2 rings (SSSR count). The van der Waals surface area contributed by atoms with Crippen molar-refractivity contribution < 1.29 is 17.7 Å². The summed E-state index contributed by atoms with van der Waals surface area (Å²) in [4.78, 5) is 4.17. The summed E-state index contributed by atoms with van der Waals surface area (Å²) in [5.41, 5.74) is 0. The minimum atomic E-state index is -3.56. The number of hydrogen-bond donors (Lipinski definition) is 0. The van der Waals surface area contributed by atoms with Crippen LogP contribution in [0.4, 0.5) is 0 Å². The summed E-state index contributed by atoms with van der Waals surface area (Å²) in [7, 11) is -3.56. The molecule has 20 heavy (non-hydrogen) atoms. The average molecular weight is 296 g/mol. The molecule has 1 atom stereocenters. The highest BCUT2D eigenvalue weighted by Crippen LogP contribution is 2.28. The van der Waals surface area contributed by atoms with Gasteiger partial charge in [0.1, 0.15) is 11.0 Å². The molecule has 0 saturated heterocycles. The zero-order valence-electron chi connectivity index (χ0n) is 11.5. The van der Waals surface area contributed by atoms with Crippen LogP contribution in [0.1, 0.15) is 30.8 Å². The van der Waals surface area contributed by atoms with Gasteiger partial charge in [0.15, 0.2) is 15.7 Å². The average Bonchev–Trinajstić information content (AvgIpc) is 2.85. The molecule has 1 heterocycles. The van der Waals surface area contributed by atoms with Crippen LogP contribution in [0.3, 0.4) is 0 Å². The molecule has 0 aliphatic rings. The first kappa shape index (κ1) is 14.5. The number of hydrogen-bond acceptors (Lipinski definition) is 6. The summed E-state index contributed by atoms with van der Waals surface area (Å²) in [5.74, 6) is 1.14. The highest BCUT2D eigenvalue weighted by atomic mass is 32.2. The third kappa shape index (κ3) is 2.82. The first-order valence-corrected chi connectivity index (χ1v) is 7.76. The van der Waals surface area contributed by atoms with E-state index < -0.39 is 15.1 Å². The Morgan fingerprint density at radius 2 is 1.95 bits per heavy atom. The largest absolute Gasteiger partial charge is 0.494 e. The van der Waals surface area contributed by atoms with E-state index in [0.717, 1.165) is 0 Å². The summed E-state index contributed by atoms with van der Waals surface area (Å²) >= 11 is 0. The SMILES string of the molecule is CCOc1ccc(S(=O)(=O)[C@H](C)c2nc(C)no2)cc1. The molecule has 0 unspecified atom stereocenters. The van der Waals surface area contributed by atoms with Gasteiger partial charge in [-0.2, -0.15) is 4.98 Å². The van der Waals surface area contributed by atoms with Crippen molar-refractivity contribution in [2.75, 3.05) is 6.61 Å². The molecule has 1 aromatic carbocycles. The lowest BCUT2D eigenvalue weighted by Crippen LogP contribution is -2.11. The van der Waals surface area contributed by atoms with Gasteiger partial charge in [0.2, 0.25) is 5.89 Å². The van der Waals surface area contributed by atoms with Gasteiger partial charge >= 0.3 is 0 Å². The predicted molar refractivity (Wildman–Crippen MR) is 72.2 cm³/mol. The van der Waals surface area contributed by atoms with Crippen molar-refractivity contribution in [3.63, 3.8) is 0 Å². The van der Waals surface area contributed by atoms with E-state index >= 15 is 0 Å². The van der Waals surface area contributed by atoms with Gasteiger partial charge in [0.05, 0.1) is 11.5 Å². The Bertz CT molecular complexity index is 677. The van der Waals surface area contributed by atoms with Crippen molar-refractivity contribution in [2.45, 2.75) is 30.9 Å². The smallest absolute Gasteiger partial charge is 0.245 e. The normalized spacial score (nSPS) is 13.2. The molecule has 0 fully saturated rings. The molecular weight excluding hydrogens is 280 g/mol. The summed E-state index contributed by atoms with van der Waals surface area (Å²) in [5, 5.41) is 2.73. The highest BCUT2D eigenvalue weighted by Gasteiger charge is 2.29. The number of aromatic nitrogens is 2. The standard InChI is InChI=1S/C13H16N2O4S/c1-4-18-11-5-7-12(8-6-11)20(16,17)9(2)13-14-10(3)15-19-13/h5-9H,4H2,1-3H3/t9-/m1/s1. The second-order valence-electron chi connectivity index (χ2n) is 4.27. The Labute approximate surface area is 117 Å². The van der Waals surface area contributed by atoms with Crippen molar-refractivity contribution in [1.29, 1.82) is 0 Å². The molecule has 0 aliphatic carbocycles. The highest BCUT2D eigenvalue weighted by molar-refractivity contribution is 7.91. The lowest BCUT2D eigenvalue weighted by atomic mass is 10.3. The molecule has 6 nitrogen and oxygen atoms in total. The molecule has 7 heteroatoms. The predicted octanol–water partition coefficient (Wildman–Crippen LogP) is 2.31. The maximum absolute atomic E-state index is 12.4. The van der Waals surface area contributed by atoms with Gasteiger partial charge in [-0.25, -0.2) is 8.42 Å². The first-order valence-electron chi connectivity index (χ1n) is 6.22. The van der Waals surface area contributed by atoms with Gasteiger partial charge in [-0.15, -0.1) is 0 Å². The minimum Gasteiger partial charge on any atom is -0.494 e. The summed E-state index contributed by atoms with van der Waals surface area (Å²) in [6, 6.07) is 6.28. The van der Waals surface area contributed by atoms with Crippen LogP contribution >= 0.6 is 0 Å². The van der Waals surface area contributed by atoms with Gasteiger partial charge in [0, 0.05) is 0 Å². The van der Waals surface area contributed by atoms with Crippen LogP contribution in [0.2, 0.25) is 0 Å². The van der Waals surface area contributed by atoms with Crippen LogP contribution in [0.15, 0.2) is 33.7 Å². The van der Waals surface area contributed by atoms with E-state index in [2.05, 4.69) is 10.1 Å². The van der Waals surface area contributed by atoms with E-state index in [1.807, 2.05) is 6.92 Å². The van der Waals surface area contributed by atoms with E-state index in [-0.39, 0.29) is 10.8 Å². The summed E-state index contributed by atoms with van der Waals surface area (Å²) in [6.45, 7) is 5.57. The number of ether oxygens (including phenoxy) is 1. The van der Waals surface area contributed by atoms with Gasteiger partial charge in [-0.3, -0.25) is 0 Å². The Hall–Kier alpha value is -1.89. The van der Waals surface area contributed by atoms with Crippen LogP contribution in [0.5, 0.6) is 5.75 Å². The zero-order valence-corrected chi connectivity index (χ0v) is 12.3. The quantitative estimate of drug-likeness (QED) is 0.842. The number of nitrogens with zero attached hydrogens (tertiary/aromatic N) is 2. The van der Waals surface area contributed by atoms with Crippen molar-refractivity contribution in [3.8, 4) is 5.75 Å². The zero-order chi connectivity index (χ0) is 14.8. The second-order valence-corrected chi connectivity index (χ2v) is 6.54. The van der Waals surface area contributed by atoms with Crippen LogP contribution in [-0.2, 0) is 9.84 Å². The number of aryl methyl sites for hydroxylation is 1. The van der Waals surface area contributed by atoms with Crippen molar-refractivity contribution >= 4 is 9.84 Å². The molecule has 0 radical (unpaired) electrons. The van der Waals surface area contributed by atoms with Crippen molar-refractivity contribution in [1.82, 2.24) is 10.1 Å². The molecule has 0 spiro atoms. The number of benzene rings is 1. The molecule has 0 saturated carbocycles. The van der Waals surface area contributed by atoms with Gasteiger partial charge < -0.3 is 9.26 Å². The van der Waals surface area contributed by atoms with Gasteiger partial charge in [0.25, 0.3) is 0 Å². The lowest BCUT2D eigenvalue weighted by Gasteiger charge is -2.10. The Morgan fingerprint density at radius 1 is 1.30 bits per heavy atom. The Morgan fingerprint density at radius 3 is 2.45 bits per heavy atom. The fourth-order valence-corrected chi connectivity index (χ4v) is 2.99. The van der Waals surface area contributed by atoms with Crippen LogP contribution in [-0.4, -0.2) is 25.2 Å². The molecule has 0 N–H and O–H groups in total. The lowest BCUT2D eigenvalue weighted by molar-refractivity contribution is 0.340. The van der Waals surface area contributed by atoms with E-state index in [4.69, 9.17) is 9.26 Å². The van der Waals surface area contributed by atoms with Crippen LogP contribution in [0, 0.1) is 6.92 Å². The van der Waals surface area contributed by atoms with Crippen molar-refractivity contribution in [2.24, 2.45) is 0 Å². The summed E-state index contributed by atoms with van der Waals surface area (Å²) in [6.07, 6.45) is 0. The maximum Gasteiger partial charge on any atom is 0.245 e. The van der Waals surface area contributed by atoms with E-state index in [0.29, 0.717) is 18.2 Å². The molecular formula is C13H16N2O4S. The first-order chi connectivity index (χ1) is 9.45. The molecule has 2 aromatic rings. The van der Waals surface area contributed by atoms with Crippen LogP contribution < -0.4 is 4.74 Å². The Kier molecular flexibility index (Phi) is 4.08. The minimum absolute atomic E-state index is 0.0939. The maximum atomic E-state index is 12.4. The molecule has 1 aromatic heterocycles. The van der Waals surface area contributed by atoms with E-state index in [1.165, 1.54) is 19.1 Å². The molecule has 0 bridgehead atoms. The monoisotopic (exact) mass is 296 g/mol. The van der Waals surface area contributed by atoms with Crippen LogP contribution in [0.25, 0.3) is 0 Å². The van der Waals surface area contributed by atoms with Gasteiger partial charge in [-0.05, 0) is 45.0 Å². The third-order valence-electron chi connectivity index (χ3n) is 2.82. The second kappa shape index (κ2) is 5.62. The van der Waals surface area contributed by atoms with Crippen molar-refractivity contribution in [3.05, 3.63) is 36.0 Å². The van der Waals surface area contributed by atoms with Gasteiger partial charge in [-0.1, -0.05) is 5.16 Å². The number of rotatable bonds is 5. The summed E-state index contributed by atoms with van der Waals surface area (Å²) < 4.78 is 35.1.